The minimum Gasteiger partial charge on any atom is -0.406 e. The zero-order valence-electron chi connectivity index (χ0n) is 18.2. The Kier molecular flexibility index (Phi) is 5.69. The number of aromatic amines is 1. The third-order valence-electron chi connectivity index (χ3n) is 6.65. The van der Waals surface area contributed by atoms with Gasteiger partial charge in [-0.15, -0.1) is 13.2 Å². The Morgan fingerprint density at radius 1 is 1.18 bits per heavy atom. The summed E-state index contributed by atoms with van der Waals surface area (Å²) in [5, 5.41) is 17.9. The van der Waals surface area contributed by atoms with Crippen LogP contribution < -0.4 is 15.6 Å². The maximum atomic E-state index is 12.7. The highest BCUT2D eigenvalue weighted by atomic mass is 19.4. The number of H-pyrrole nitrogens is 1. The van der Waals surface area contributed by atoms with Gasteiger partial charge in [-0.1, -0.05) is 0 Å². The Balaban J connectivity index is 1.44. The molecule has 3 aromatic rings. The molecule has 3 atom stereocenters. The molecule has 2 N–H and O–H groups in total. The van der Waals surface area contributed by atoms with Gasteiger partial charge in [0.15, 0.2) is 5.82 Å². The van der Waals surface area contributed by atoms with Crippen LogP contribution in [-0.2, 0) is 0 Å². The van der Waals surface area contributed by atoms with Crippen molar-refractivity contribution >= 4 is 22.4 Å². The lowest BCUT2D eigenvalue weighted by Gasteiger charge is -2.43. The van der Waals surface area contributed by atoms with Crippen LogP contribution in [0, 0.1) is 17.2 Å². The molecule has 2 aliphatic rings. The lowest BCUT2D eigenvalue weighted by molar-refractivity contribution is -0.274. The number of likely N-dealkylation sites (tertiary alicyclic amines) is 1. The standard InChI is InChI=1S/C23H23F3N6O2/c24-23(25,26)34-17-5-2-15(3-6-17)29-21-20-19(8-9-28-22(20)33)32(30-21)18-7-4-16(12-14(18)13-27)31-10-1-11-31/h2-3,5-6,8-9,14,16,18H,1,4,7,10-12H2,(H,28,33)(H,29,30). The van der Waals surface area contributed by atoms with Gasteiger partial charge in [-0.05, 0) is 69.1 Å². The van der Waals surface area contributed by atoms with Gasteiger partial charge in [0.25, 0.3) is 5.56 Å². The summed E-state index contributed by atoms with van der Waals surface area (Å²) in [6.45, 7) is 2.16. The number of benzene rings is 1. The molecule has 1 aliphatic heterocycles. The van der Waals surface area contributed by atoms with E-state index >= 15 is 0 Å². The number of alkyl halides is 3. The molecule has 1 aliphatic carbocycles. The van der Waals surface area contributed by atoms with Crippen LogP contribution in [0.15, 0.2) is 41.3 Å². The molecular weight excluding hydrogens is 449 g/mol. The zero-order chi connectivity index (χ0) is 23.9. The first-order valence-electron chi connectivity index (χ1n) is 11.2. The third-order valence-corrected chi connectivity index (χ3v) is 6.65. The summed E-state index contributed by atoms with van der Waals surface area (Å²) in [5.41, 5.74) is 0.713. The number of nitrogens with one attached hydrogen (secondary N) is 2. The van der Waals surface area contributed by atoms with Crippen molar-refractivity contribution in [3.8, 4) is 11.8 Å². The highest BCUT2D eigenvalue weighted by Crippen LogP contribution is 2.39. The summed E-state index contributed by atoms with van der Waals surface area (Å²) in [7, 11) is 0. The van der Waals surface area contributed by atoms with E-state index in [9.17, 15) is 23.2 Å². The first kappa shape index (κ1) is 22.3. The van der Waals surface area contributed by atoms with Crippen molar-refractivity contribution in [1.82, 2.24) is 19.7 Å². The van der Waals surface area contributed by atoms with Crippen molar-refractivity contribution < 1.29 is 17.9 Å². The van der Waals surface area contributed by atoms with Gasteiger partial charge in [-0.3, -0.25) is 9.48 Å². The van der Waals surface area contributed by atoms with E-state index in [0.29, 0.717) is 22.6 Å². The summed E-state index contributed by atoms with van der Waals surface area (Å²) < 4.78 is 42.9. The fourth-order valence-corrected chi connectivity index (χ4v) is 4.92. The van der Waals surface area contributed by atoms with Crippen LogP contribution in [0.5, 0.6) is 5.75 Å². The van der Waals surface area contributed by atoms with Gasteiger partial charge in [0, 0.05) is 17.9 Å². The molecular formula is C23H23F3N6O2. The Morgan fingerprint density at radius 3 is 2.59 bits per heavy atom. The van der Waals surface area contributed by atoms with Crippen molar-refractivity contribution in [1.29, 1.82) is 5.26 Å². The summed E-state index contributed by atoms with van der Waals surface area (Å²) in [6, 6.07) is 9.62. The summed E-state index contributed by atoms with van der Waals surface area (Å²) in [6.07, 6.45) is 0.450. The number of nitrogens with zero attached hydrogens (tertiary/aromatic N) is 4. The SMILES string of the molecule is N#CC1CC(N2CCC2)CCC1n1nc(Nc2ccc(OC(F)(F)F)cc2)c2c(=O)[nH]ccc21. The number of ether oxygens (including phenoxy) is 1. The van der Waals surface area contributed by atoms with Crippen molar-refractivity contribution in [2.45, 2.75) is 44.1 Å². The Labute approximate surface area is 192 Å². The quantitative estimate of drug-likeness (QED) is 0.574. The van der Waals surface area contributed by atoms with Gasteiger partial charge >= 0.3 is 6.36 Å². The van der Waals surface area contributed by atoms with Crippen LogP contribution in [0.4, 0.5) is 24.7 Å². The van der Waals surface area contributed by atoms with Crippen molar-refractivity contribution in [2.75, 3.05) is 18.4 Å². The van der Waals surface area contributed by atoms with Gasteiger partial charge < -0.3 is 19.9 Å². The van der Waals surface area contributed by atoms with Gasteiger partial charge in [0.1, 0.15) is 11.1 Å². The van der Waals surface area contributed by atoms with E-state index in [4.69, 9.17) is 0 Å². The molecule has 0 bridgehead atoms. The average molecular weight is 472 g/mol. The van der Waals surface area contributed by atoms with E-state index < -0.39 is 6.36 Å². The molecule has 3 heterocycles. The summed E-state index contributed by atoms with van der Waals surface area (Å²) >= 11 is 0. The van der Waals surface area contributed by atoms with Crippen molar-refractivity contribution in [2.24, 2.45) is 5.92 Å². The molecule has 8 nitrogen and oxygen atoms in total. The molecule has 1 aromatic carbocycles. The monoisotopic (exact) mass is 472 g/mol. The van der Waals surface area contributed by atoms with Gasteiger partial charge in [0.05, 0.1) is 23.5 Å². The minimum absolute atomic E-state index is 0.176. The molecule has 0 amide bonds. The largest absolute Gasteiger partial charge is 0.573 e. The Bertz CT molecular complexity index is 1270. The predicted molar refractivity (Wildman–Crippen MR) is 119 cm³/mol. The Morgan fingerprint density at radius 2 is 1.94 bits per heavy atom. The van der Waals surface area contributed by atoms with Crippen LogP contribution in [0.2, 0.25) is 0 Å². The molecule has 3 unspecified atom stereocenters. The molecule has 0 radical (unpaired) electrons. The van der Waals surface area contributed by atoms with Crippen LogP contribution in [-0.4, -0.2) is 45.2 Å². The van der Waals surface area contributed by atoms with E-state index in [1.807, 2.05) is 0 Å². The first-order chi connectivity index (χ1) is 16.3. The smallest absolute Gasteiger partial charge is 0.406 e. The number of hydrogen-bond acceptors (Lipinski definition) is 6. The number of rotatable bonds is 5. The van der Waals surface area contributed by atoms with Gasteiger partial charge in [-0.25, -0.2) is 0 Å². The summed E-state index contributed by atoms with van der Waals surface area (Å²) in [5.74, 6) is -0.307. The molecule has 1 saturated heterocycles. The van der Waals surface area contributed by atoms with E-state index in [2.05, 4.69) is 31.1 Å². The van der Waals surface area contributed by atoms with E-state index in [-0.39, 0.29) is 29.1 Å². The molecule has 178 valence electrons. The normalized spacial score (nSPS) is 23.3. The van der Waals surface area contributed by atoms with E-state index in [0.717, 1.165) is 32.4 Å². The minimum atomic E-state index is -4.77. The molecule has 1 saturated carbocycles. The molecule has 5 rings (SSSR count). The van der Waals surface area contributed by atoms with Gasteiger partial charge in [-0.2, -0.15) is 10.4 Å². The number of halogens is 3. The van der Waals surface area contributed by atoms with E-state index in [1.165, 1.54) is 30.7 Å². The Hall–Kier alpha value is -3.52. The lowest BCUT2D eigenvalue weighted by atomic mass is 9.81. The fraction of sp³-hybridized carbons (Fsp3) is 0.435. The first-order valence-corrected chi connectivity index (χ1v) is 11.2. The van der Waals surface area contributed by atoms with Crippen LogP contribution in [0.25, 0.3) is 10.9 Å². The van der Waals surface area contributed by atoms with Crippen LogP contribution in [0.3, 0.4) is 0 Å². The second-order valence-corrected chi connectivity index (χ2v) is 8.72. The number of pyridine rings is 1. The number of nitriles is 1. The third kappa shape index (κ3) is 4.33. The zero-order valence-corrected chi connectivity index (χ0v) is 18.2. The number of hydrogen-bond donors (Lipinski definition) is 2. The maximum Gasteiger partial charge on any atom is 0.573 e. The highest BCUT2D eigenvalue weighted by molar-refractivity contribution is 5.91. The topological polar surface area (TPSA) is 99.0 Å². The molecule has 0 spiro atoms. The molecule has 2 aromatic heterocycles. The second-order valence-electron chi connectivity index (χ2n) is 8.72. The molecule has 34 heavy (non-hydrogen) atoms. The second kappa shape index (κ2) is 8.68. The maximum absolute atomic E-state index is 12.7. The average Bonchev–Trinajstić information content (AvgIpc) is 3.12. The number of fused-ring (bicyclic) bond motifs is 1. The van der Waals surface area contributed by atoms with Crippen LogP contribution >= 0.6 is 0 Å². The molecule has 11 heteroatoms. The van der Waals surface area contributed by atoms with E-state index in [1.54, 1.807) is 16.9 Å². The number of anilines is 2. The van der Waals surface area contributed by atoms with Crippen molar-refractivity contribution in [3.63, 3.8) is 0 Å². The molecule has 2 fully saturated rings. The highest BCUT2D eigenvalue weighted by Gasteiger charge is 2.37. The summed E-state index contributed by atoms with van der Waals surface area (Å²) in [4.78, 5) is 17.7. The van der Waals surface area contributed by atoms with Gasteiger partial charge in [0.2, 0.25) is 0 Å². The number of aromatic nitrogens is 3. The van der Waals surface area contributed by atoms with Crippen molar-refractivity contribution in [3.05, 3.63) is 46.9 Å². The fourth-order valence-electron chi connectivity index (χ4n) is 4.92. The lowest BCUT2D eigenvalue weighted by Crippen LogP contribution is -2.48. The van der Waals surface area contributed by atoms with Crippen LogP contribution in [0.1, 0.15) is 31.7 Å². The predicted octanol–water partition coefficient (Wildman–Crippen LogP) is 4.31.